The average molecular weight is 410 g/mol. The van der Waals surface area contributed by atoms with Crippen molar-refractivity contribution in [1.82, 2.24) is 24.0 Å². The third-order valence-electron chi connectivity index (χ3n) is 4.66. The first-order valence-electron chi connectivity index (χ1n) is 9.11. The van der Waals surface area contributed by atoms with Gasteiger partial charge in [-0.1, -0.05) is 0 Å². The molecule has 0 radical (unpaired) electrons. The molecule has 1 atom stereocenters. The summed E-state index contributed by atoms with van der Waals surface area (Å²) >= 11 is 0. The van der Waals surface area contributed by atoms with E-state index < -0.39 is 34.6 Å². The van der Waals surface area contributed by atoms with Crippen LogP contribution in [0.2, 0.25) is 0 Å². The fraction of sp³-hybridized carbons (Fsp3) is 0.625. The molecule has 0 aliphatic carbocycles. The van der Waals surface area contributed by atoms with Crippen molar-refractivity contribution in [3.63, 3.8) is 0 Å². The van der Waals surface area contributed by atoms with Gasteiger partial charge in [0, 0.05) is 27.2 Å². The van der Waals surface area contributed by atoms with Gasteiger partial charge in [-0.2, -0.15) is 0 Å². The minimum atomic E-state index is -0.805. The van der Waals surface area contributed by atoms with E-state index in [0.29, 0.717) is 6.61 Å². The third kappa shape index (κ3) is 4.19. The van der Waals surface area contributed by atoms with Crippen LogP contribution in [0.15, 0.2) is 9.59 Å². The van der Waals surface area contributed by atoms with Crippen molar-refractivity contribution in [2.75, 3.05) is 19.8 Å². The Morgan fingerprint density at radius 1 is 1.34 bits per heavy atom. The Balaban J connectivity index is 1.75. The molecule has 13 nitrogen and oxygen atoms in total. The molecule has 0 saturated carbocycles. The van der Waals surface area contributed by atoms with E-state index in [1.807, 2.05) is 0 Å². The van der Waals surface area contributed by atoms with Gasteiger partial charge in [-0.3, -0.25) is 18.7 Å². The van der Waals surface area contributed by atoms with Crippen molar-refractivity contribution < 1.29 is 19.2 Å². The predicted molar refractivity (Wildman–Crippen MR) is 99.4 cm³/mol. The smallest absolute Gasteiger partial charge is 0.390 e. The number of hydrogen-bond donors (Lipinski definition) is 1. The number of rotatable bonds is 7. The van der Waals surface area contributed by atoms with Gasteiger partial charge in [0.2, 0.25) is 5.52 Å². The van der Waals surface area contributed by atoms with Crippen molar-refractivity contribution in [3.05, 3.63) is 31.0 Å². The lowest BCUT2D eigenvalue weighted by molar-refractivity contribution is -0.396. The molecule has 1 N–H and O–H groups in total. The maximum Gasteiger partial charge on any atom is 0.437 e. The molecule has 0 bridgehead atoms. The summed E-state index contributed by atoms with van der Waals surface area (Å²) in [6, 6.07) is 0. The molecular weight excluding hydrogens is 388 g/mol. The largest absolute Gasteiger partial charge is 0.437 e. The Kier molecular flexibility index (Phi) is 6.08. The topological polar surface area (TPSA) is 153 Å². The quantitative estimate of drug-likeness (QED) is 0.347. The second kappa shape index (κ2) is 8.53. The van der Waals surface area contributed by atoms with Crippen molar-refractivity contribution in [2.45, 2.75) is 32.1 Å². The van der Waals surface area contributed by atoms with E-state index in [2.05, 4.69) is 10.3 Å². The normalized spacial score (nSPS) is 16.8. The Bertz CT molecular complexity index is 1050. The fourth-order valence-corrected chi connectivity index (χ4v) is 3.15. The minimum absolute atomic E-state index is 0.157. The van der Waals surface area contributed by atoms with E-state index >= 15 is 0 Å². The summed E-state index contributed by atoms with van der Waals surface area (Å²) in [6.07, 6.45) is 2.53. The second-order valence-corrected chi connectivity index (χ2v) is 6.65. The van der Waals surface area contributed by atoms with Crippen LogP contribution in [-0.4, -0.2) is 55.6 Å². The first kappa shape index (κ1) is 20.7. The second-order valence-electron chi connectivity index (χ2n) is 6.65. The Morgan fingerprint density at radius 3 is 2.76 bits per heavy atom. The molecule has 0 spiro atoms. The standard InChI is InChI=1S/C16H22N6O7/c1-19-13-12(14(24)20(2)16(19)25)21(15(18-13)22(26)27)9-10(23)17-6-8-29-11-5-3-4-7-28-11/h11H,3-9H2,1-2H3,(H,17,23). The predicted octanol–water partition coefficient (Wildman–Crippen LogP) is -0.999. The maximum absolute atomic E-state index is 12.5. The zero-order valence-electron chi connectivity index (χ0n) is 16.1. The summed E-state index contributed by atoms with van der Waals surface area (Å²) in [5.41, 5.74) is -1.79. The van der Waals surface area contributed by atoms with Crippen molar-refractivity contribution in [1.29, 1.82) is 0 Å². The van der Waals surface area contributed by atoms with E-state index in [-0.39, 0.29) is 30.6 Å². The summed E-state index contributed by atoms with van der Waals surface area (Å²) in [7, 11) is 2.59. The number of nitrogens with zero attached hydrogens (tertiary/aromatic N) is 5. The molecule has 1 aliphatic heterocycles. The van der Waals surface area contributed by atoms with Gasteiger partial charge in [0.25, 0.3) is 17.1 Å². The first-order valence-corrected chi connectivity index (χ1v) is 9.11. The van der Waals surface area contributed by atoms with Gasteiger partial charge < -0.3 is 24.9 Å². The lowest BCUT2D eigenvalue weighted by Gasteiger charge is -2.22. The van der Waals surface area contributed by atoms with Crippen LogP contribution in [0.4, 0.5) is 5.95 Å². The average Bonchev–Trinajstić information content (AvgIpc) is 3.08. The van der Waals surface area contributed by atoms with Gasteiger partial charge >= 0.3 is 11.6 Å². The highest BCUT2D eigenvalue weighted by molar-refractivity contribution is 5.80. The van der Waals surface area contributed by atoms with Gasteiger partial charge in [-0.15, -0.1) is 0 Å². The lowest BCUT2D eigenvalue weighted by atomic mass is 10.2. The van der Waals surface area contributed by atoms with Gasteiger partial charge in [0.1, 0.15) is 0 Å². The molecule has 0 aromatic carbocycles. The molecule has 3 rings (SSSR count). The zero-order valence-corrected chi connectivity index (χ0v) is 16.1. The molecule has 1 amide bonds. The highest BCUT2D eigenvalue weighted by Gasteiger charge is 2.29. The summed E-state index contributed by atoms with van der Waals surface area (Å²) < 4.78 is 13.7. The number of amides is 1. The van der Waals surface area contributed by atoms with Gasteiger partial charge in [-0.05, 0) is 29.2 Å². The third-order valence-corrected chi connectivity index (χ3v) is 4.66. The van der Waals surface area contributed by atoms with E-state index in [1.165, 1.54) is 14.1 Å². The number of fused-ring (bicyclic) bond motifs is 1. The summed E-state index contributed by atoms with van der Waals surface area (Å²) in [5, 5.41) is 13.9. The van der Waals surface area contributed by atoms with E-state index in [1.54, 1.807) is 0 Å². The molecule has 3 heterocycles. The van der Waals surface area contributed by atoms with Gasteiger partial charge in [0.05, 0.1) is 6.61 Å². The Hall–Kier alpha value is -3.06. The number of hydrogen-bond acceptors (Lipinski definition) is 8. The van der Waals surface area contributed by atoms with Crippen molar-refractivity contribution in [3.8, 4) is 0 Å². The van der Waals surface area contributed by atoms with Gasteiger partial charge in [-0.25, -0.2) is 9.36 Å². The Labute approximate surface area is 164 Å². The number of carbonyl (C=O) groups excluding carboxylic acids is 1. The van der Waals surface area contributed by atoms with Crippen LogP contribution in [0.25, 0.3) is 11.2 Å². The monoisotopic (exact) mass is 410 g/mol. The number of imidazole rings is 1. The van der Waals surface area contributed by atoms with Crippen molar-refractivity contribution >= 4 is 23.0 Å². The van der Waals surface area contributed by atoms with E-state index in [9.17, 15) is 24.5 Å². The summed E-state index contributed by atoms with van der Waals surface area (Å²) in [6.45, 7) is 0.543. The van der Waals surface area contributed by atoms with E-state index in [4.69, 9.17) is 9.47 Å². The highest BCUT2D eigenvalue weighted by Crippen LogP contribution is 2.17. The molecule has 1 unspecified atom stereocenters. The number of nitrogens with one attached hydrogen (secondary N) is 1. The van der Waals surface area contributed by atoms with Crippen LogP contribution >= 0.6 is 0 Å². The molecular formula is C16H22N6O7. The maximum atomic E-state index is 12.5. The molecule has 1 aliphatic rings. The number of ether oxygens (including phenoxy) is 2. The lowest BCUT2D eigenvalue weighted by Crippen LogP contribution is -2.38. The van der Waals surface area contributed by atoms with Crippen LogP contribution in [0.5, 0.6) is 0 Å². The number of carbonyl (C=O) groups is 1. The fourth-order valence-electron chi connectivity index (χ4n) is 3.15. The van der Waals surface area contributed by atoms with Crippen LogP contribution in [-0.2, 0) is 34.9 Å². The number of aryl methyl sites for hydroxylation is 1. The molecule has 2 aromatic heterocycles. The van der Waals surface area contributed by atoms with Crippen LogP contribution in [0.3, 0.4) is 0 Å². The molecule has 13 heteroatoms. The number of aromatic nitrogens is 4. The van der Waals surface area contributed by atoms with Crippen molar-refractivity contribution in [2.24, 2.45) is 14.1 Å². The SMILES string of the molecule is Cn1c(=O)c2c(nc([N+](=O)[O-])n2CC(=O)NCCOC2CCCCO2)n(C)c1=O. The molecule has 2 aromatic rings. The van der Waals surface area contributed by atoms with E-state index in [0.717, 1.165) is 33.0 Å². The summed E-state index contributed by atoms with van der Waals surface area (Å²) in [5.74, 6) is -1.25. The van der Waals surface area contributed by atoms with Crippen LogP contribution < -0.4 is 16.6 Å². The molecule has 158 valence electrons. The Morgan fingerprint density at radius 2 is 2.10 bits per heavy atom. The summed E-state index contributed by atoms with van der Waals surface area (Å²) in [4.78, 5) is 51.1. The van der Waals surface area contributed by atoms with Crippen LogP contribution in [0.1, 0.15) is 19.3 Å². The zero-order chi connectivity index (χ0) is 21.1. The van der Waals surface area contributed by atoms with Crippen LogP contribution in [0, 0.1) is 10.1 Å². The molecule has 1 fully saturated rings. The first-order chi connectivity index (χ1) is 13.8. The minimum Gasteiger partial charge on any atom is -0.390 e. The highest BCUT2D eigenvalue weighted by atomic mass is 16.7. The van der Waals surface area contributed by atoms with Gasteiger partial charge in [0.15, 0.2) is 12.8 Å². The molecule has 29 heavy (non-hydrogen) atoms. The number of nitro groups is 1. The molecule has 1 saturated heterocycles.